The van der Waals surface area contributed by atoms with Crippen molar-refractivity contribution < 1.29 is 72.0 Å². The zero-order valence-electron chi connectivity index (χ0n) is 35.0. The number of hydrogen-bond acceptors (Lipinski definition) is 10. The minimum atomic E-state index is 0. The molecule has 2 aromatic heterocycles. The highest BCUT2D eigenvalue weighted by atomic mass is 35.5. The van der Waals surface area contributed by atoms with Crippen LogP contribution in [0.25, 0.3) is 24.3 Å². The highest BCUT2D eigenvalue weighted by molar-refractivity contribution is 8.76. The molecule has 0 aliphatic rings. The maximum absolute atomic E-state index is 12.3. The van der Waals surface area contributed by atoms with Gasteiger partial charge in [-0.1, -0.05) is 45.9 Å². The maximum Gasteiger partial charge on any atom is 0.220 e. The molecule has 2 aromatic carbocycles. The second kappa shape index (κ2) is 28.7. The van der Waals surface area contributed by atoms with E-state index in [4.69, 9.17) is 28.4 Å². The van der Waals surface area contributed by atoms with Crippen LogP contribution in [0.4, 0.5) is 0 Å². The number of aryl methyl sites for hydroxylation is 2. The molecule has 0 atom stereocenters. The molecule has 2 heterocycles. The van der Waals surface area contributed by atoms with Crippen LogP contribution in [0.1, 0.15) is 47.9 Å². The quantitative estimate of drug-likeness (QED) is 0.0555. The molecule has 12 nitrogen and oxygen atoms in total. The molecule has 0 saturated carbocycles. The number of carbonyl (C=O) groups is 2. The Balaban J connectivity index is 0.00000620. The van der Waals surface area contributed by atoms with Gasteiger partial charge in [0.25, 0.3) is 0 Å². The van der Waals surface area contributed by atoms with Gasteiger partial charge >= 0.3 is 0 Å². The molecule has 0 radical (unpaired) electrons. The molecule has 4 aromatic rings. The van der Waals surface area contributed by atoms with E-state index in [0.29, 0.717) is 60.4 Å². The van der Waals surface area contributed by atoms with Crippen LogP contribution in [0.15, 0.2) is 73.3 Å². The summed E-state index contributed by atoms with van der Waals surface area (Å²) in [4.78, 5) is 24.7. The number of ether oxygens (including phenoxy) is 6. The van der Waals surface area contributed by atoms with Crippen LogP contribution < -0.4 is 73.0 Å². The molecule has 0 aliphatic heterocycles. The van der Waals surface area contributed by atoms with E-state index in [0.717, 1.165) is 59.7 Å². The molecule has 0 unspecified atom stereocenters. The van der Waals surface area contributed by atoms with Crippen molar-refractivity contribution in [1.82, 2.24) is 10.6 Å². The lowest BCUT2D eigenvalue weighted by Crippen LogP contribution is -3.00. The first kappa shape index (κ1) is 51.4. The number of methoxy groups -OCH3 is 6. The minimum Gasteiger partial charge on any atom is -1.00 e. The maximum atomic E-state index is 12.3. The number of amides is 2. The van der Waals surface area contributed by atoms with E-state index >= 15 is 0 Å². The number of rotatable bonds is 25. The fraction of sp³-hybridized carbons (Fsp3) is 0.364. The molecule has 0 bridgehead atoms. The van der Waals surface area contributed by atoms with Crippen molar-refractivity contribution in [2.24, 2.45) is 0 Å². The Morgan fingerprint density at radius 1 is 0.517 bits per heavy atom. The average Bonchev–Trinajstić information content (AvgIpc) is 3.25. The summed E-state index contributed by atoms with van der Waals surface area (Å²) >= 11 is 0. The van der Waals surface area contributed by atoms with Crippen molar-refractivity contribution in [3.63, 3.8) is 0 Å². The van der Waals surface area contributed by atoms with Crippen molar-refractivity contribution in [2.45, 2.75) is 38.8 Å². The van der Waals surface area contributed by atoms with Gasteiger partial charge < -0.3 is 63.9 Å². The van der Waals surface area contributed by atoms with Gasteiger partial charge in [0.2, 0.25) is 11.8 Å². The Morgan fingerprint density at radius 2 is 0.850 bits per heavy atom. The van der Waals surface area contributed by atoms with Crippen LogP contribution >= 0.6 is 21.6 Å². The van der Waals surface area contributed by atoms with Gasteiger partial charge in [-0.25, -0.2) is 9.13 Å². The van der Waals surface area contributed by atoms with Gasteiger partial charge in [-0.15, -0.1) is 0 Å². The van der Waals surface area contributed by atoms with Gasteiger partial charge in [0, 0.05) is 97.8 Å². The summed E-state index contributed by atoms with van der Waals surface area (Å²) in [6.07, 6.45) is 18.5. The van der Waals surface area contributed by atoms with Gasteiger partial charge in [0.15, 0.2) is 47.8 Å². The molecule has 326 valence electrons. The van der Waals surface area contributed by atoms with E-state index in [-0.39, 0.29) is 36.6 Å². The highest BCUT2D eigenvalue weighted by Gasteiger charge is 2.12. The summed E-state index contributed by atoms with van der Waals surface area (Å²) < 4.78 is 36.8. The second-order valence-corrected chi connectivity index (χ2v) is 15.6. The van der Waals surface area contributed by atoms with E-state index in [1.165, 1.54) is 0 Å². The number of halogens is 2. The number of benzene rings is 2. The molecular weight excluding hydrogens is 848 g/mol. The van der Waals surface area contributed by atoms with Gasteiger partial charge in [-0.05, 0) is 23.3 Å². The fourth-order valence-electron chi connectivity index (χ4n) is 5.80. The Bertz CT molecular complexity index is 1830. The lowest BCUT2D eigenvalue weighted by molar-refractivity contribution is -0.697. The molecule has 16 heteroatoms. The summed E-state index contributed by atoms with van der Waals surface area (Å²) in [7, 11) is 13.1. The monoisotopic (exact) mass is 902 g/mol. The van der Waals surface area contributed by atoms with Crippen LogP contribution in [-0.4, -0.2) is 79.1 Å². The lowest BCUT2D eigenvalue weighted by atomic mass is 10.1. The molecule has 60 heavy (non-hydrogen) atoms. The first-order chi connectivity index (χ1) is 28.3. The molecule has 2 N–H and O–H groups in total. The number of carbonyl (C=O) groups excluding carboxylic acids is 2. The summed E-state index contributed by atoms with van der Waals surface area (Å²) in [5.41, 5.74) is 3.84. The van der Waals surface area contributed by atoms with E-state index in [1.807, 2.05) is 97.6 Å². The van der Waals surface area contributed by atoms with Crippen molar-refractivity contribution in [2.75, 3.05) is 67.3 Å². The smallest absolute Gasteiger partial charge is 0.220 e. The SMILES string of the molecule is COc1cc(OC)c(OC)cc1/C=C/c1cc[n+](CCCC(=O)NCCSSCCNC(=O)CCC[n+]2ccc(/C=C/c3cc(OC)c(OC)cc3OC)cc2)cc1.[Cl-].[Cl-]. The number of hydrogen-bond donors (Lipinski definition) is 2. The number of pyridine rings is 2. The van der Waals surface area contributed by atoms with E-state index in [1.54, 1.807) is 64.2 Å². The lowest BCUT2D eigenvalue weighted by Gasteiger charge is -2.12. The first-order valence-electron chi connectivity index (χ1n) is 19.0. The van der Waals surface area contributed by atoms with Crippen LogP contribution in [0.2, 0.25) is 0 Å². The largest absolute Gasteiger partial charge is 1.00 e. The number of nitrogens with zero attached hydrogens (tertiary/aromatic N) is 2. The van der Waals surface area contributed by atoms with E-state index in [9.17, 15) is 9.59 Å². The highest BCUT2D eigenvalue weighted by Crippen LogP contribution is 2.36. The fourth-order valence-corrected chi connectivity index (χ4v) is 7.61. The van der Waals surface area contributed by atoms with E-state index < -0.39 is 0 Å². The Labute approximate surface area is 374 Å². The Morgan fingerprint density at radius 3 is 1.18 bits per heavy atom. The summed E-state index contributed by atoms with van der Waals surface area (Å²) in [6, 6.07) is 15.5. The van der Waals surface area contributed by atoms with Crippen LogP contribution in [0.5, 0.6) is 34.5 Å². The normalized spacial score (nSPS) is 10.7. The topological polar surface area (TPSA) is 121 Å². The third-order valence-corrected chi connectivity index (χ3v) is 11.4. The molecule has 0 fully saturated rings. The molecule has 4 rings (SSSR count). The predicted molar refractivity (Wildman–Crippen MR) is 233 cm³/mol. The third kappa shape index (κ3) is 17.1. The van der Waals surface area contributed by atoms with Crippen LogP contribution in [0, 0.1) is 0 Å². The van der Waals surface area contributed by atoms with Gasteiger partial charge in [-0.2, -0.15) is 0 Å². The van der Waals surface area contributed by atoms with Crippen LogP contribution in [-0.2, 0) is 22.7 Å². The zero-order chi connectivity index (χ0) is 41.5. The predicted octanol–water partition coefficient (Wildman–Crippen LogP) is 0.536. The summed E-state index contributed by atoms with van der Waals surface area (Å²) in [6.45, 7) is 2.73. The minimum absolute atomic E-state index is 0. The van der Waals surface area contributed by atoms with Crippen molar-refractivity contribution in [3.05, 3.63) is 95.6 Å². The molecule has 0 aliphatic carbocycles. The average molecular weight is 904 g/mol. The standard InChI is InChI=1S/C44H54N4O8S2.2ClH/c1-51-37-31-41(55-5)39(53-3)29-35(37)13-11-33-15-23-47(24-16-33)21-7-9-43(49)45-19-27-57-58-28-20-46-44(50)10-8-22-48-25-17-34(18-26-48)12-14-36-30-40(54-4)42(56-6)32-38(36)52-2;;/h11-18,23-26,29-32H,7-10,19-22,27-28H2,1-6H3;2*1H/b13-11+,14-12+;;. The zero-order valence-corrected chi connectivity index (χ0v) is 38.2. The second-order valence-electron chi connectivity index (χ2n) is 12.9. The van der Waals surface area contributed by atoms with Gasteiger partial charge in [-0.3, -0.25) is 9.59 Å². The summed E-state index contributed by atoms with van der Waals surface area (Å²) in [5, 5.41) is 6.00. The Kier molecular flexibility index (Phi) is 24.5. The first-order valence-corrected chi connectivity index (χ1v) is 21.5. The van der Waals surface area contributed by atoms with Gasteiger partial charge in [0.05, 0.1) is 42.7 Å². The molecule has 0 saturated heterocycles. The Hall–Kier alpha value is -4.76. The molecular formula is C44H56Cl2N4O8S2. The third-order valence-electron chi connectivity index (χ3n) is 8.96. The molecule has 2 amide bonds. The van der Waals surface area contributed by atoms with E-state index in [2.05, 4.69) is 19.8 Å². The van der Waals surface area contributed by atoms with Crippen molar-refractivity contribution >= 4 is 57.7 Å². The van der Waals surface area contributed by atoms with Crippen molar-refractivity contribution in [3.8, 4) is 34.5 Å². The summed E-state index contributed by atoms with van der Waals surface area (Å²) in [5.74, 6) is 5.60. The molecule has 0 spiro atoms. The number of aromatic nitrogens is 2. The van der Waals surface area contributed by atoms with Crippen LogP contribution in [0.3, 0.4) is 0 Å². The van der Waals surface area contributed by atoms with Crippen molar-refractivity contribution in [1.29, 1.82) is 0 Å². The van der Waals surface area contributed by atoms with Gasteiger partial charge in [0.1, 0.15) is 24.6 Å². The number of nitrogens with one attached hydrogen (secondary N) is 2.